The van der Waals surface area contributed by atoms with Gasteiger partial charge in [-0.3, -0.25) is 0 Å². The maximum Gasteiger partial charge on any atom is 0.0591 e. The molecule has 4 heteroatoms. The van der Waals surface area contributed by atoms with E-state index in [4.69, 9.17) is 4.74 Å². The molecular formula is C19H32N2OS. The van der Waals surface area contributed by atoms with Crippen LogP contribution in [0, 0.1) is 17.8 Å². The second-order valence-corrected chi connectivity index (χ2v) is 9.59. The Labute approximate surface area is 145 Å². The molecule has 0 spiro atoms. The lowest BCUT2D eigenvalue weighted by atomic mass is 9.71. The van der Waals surface area contributed by atoms with E-state index in [0.717, 1.165) is 29.0 Å². The lowest BCUT2D eigenvalue weighted by Crippen LogP contribution is -2.36. The number of rotatable bonds is 4. The summed E-state index contributed by atoms with van der Waals surface area (Å²) in [6.07, 6.45) is 12.6. The van der Waals surface area contributed by atoms with Crippen molar-refractivity contribution in [3.05, 3.63) is 11.8 Å². The maximum atomic E-state index is 5.67. The summed E-state index contributed by atoms with van der Waals surface area (Å²) in [7, 11) is 6.30. The third-order valence-electron chi connectivity index (χ3n) is 6.70. The second kappa shape index (κ2) is 6.61. The van der Waals surface area contributed by atoms with Gasteiger partial charge in [0, 0.05) is 30.5 Å². The number of methoxy groups -OCH3 is 1. The standard InChI is InChI=1S/C19H32N2OS/c1-20(2)9-8-13-4-6-16-17-12-21(23-19(16)10-13)18-11-14(22-3)5-7-15(17)18/h12-16,18-19H,4-11H2,1-3H3. The van der Waals surface area contributed by atoms with E-state index in [1.165, 1.54) is 51.5 Å². The molecule has 0 N–H and O–H groups in total. The lowest BCUT2D eigenvalue weighted by Gasteiger charge is -2.40. The van der Waals surface area contributed by atoms with E-state index in [1.807, 2.05) is 12.7 Å². The molecule has 2 fully saturated rings. The van der Waals surface area contributed by atoms with Crippen molar-refractivity contribution in [2.24, 2.45) is 17.8 Å². The molecule has 4 aliphatic rings. The molecule has 2 bridgehead atoms. The van der Waals surface area contributed by atoms with Gasteiger partial charge in [0.25, 0.3) is 0 Å². The summed E-state index contributed by atoms with van der Waals surface area (Å²) < 4.78 is 8.31. The van der Waals surface area contributed by atoms with Crippen molar-refractivity contribution in [3.8, 4) is 0 Å². The molecule has 3 nitrogen and oxygen atoms in total. The van der Waals surface area contributed by atoms with Crippen LogP contribution in [0.4, 0.5) is 0 Å². The van der Waals surface area contributed by atoms with E-state index in [-0.39, 0.29) is 0 Å². The van der Waals surface area contributed by atoms with Crippen LogP contribution in [0.15, 0.2) is 11.8 Å². The number of fused-ring (bicyclic) bond motifs is 6. The Bertz CT molecular complexity index is 466. The second-order valence-electron chi connectivity index (χ2n) is 8.35. The first kappa shape index (κ1) is 16.3. The molecule has 4 rings (SSSR count). The van der Waals surface area contributed by atoms with Gasteiger partial charge in [0.15, 0.2) is 0 Å². The van der Waals surface area contributed by atoms with Gasteiger partial charge < -0.3 is 13.9 Å². The van der Waals surface area contributed by atoms with Crippen molar-refractivity contribution in [3.63, 3.8) is 0 Å². The first-order valence-electron chi connectivity index (χ1n) is 9.50. The summed E-state index contributed by atoms with van der Waals surface area (Å²) in [4.78, 5) is 2.34. The quantitative estimate of drug-likeness (QED) is 0.726. The van der Waals surface area contributed by atoms with Crippen LogP contribution < -0.4 is 0 Å². The molecule has 0 radical (unpaired) electrons. The molecule has 23 heavy (non-hydrogen) atoms. The highest BCUT2D eigenvalue weighted by Crippen LogP contribution is 2.56. The van der Waals surface area contributed by atoms with Crippen LogP contribution >= 0.6 is 11.9 Å². The molecule has 2 saturated carbocycles. The van der Waals surface area contributed by atoms with Crippen molar-refractivity contribution < 1.29 is 4.74 Å². The number of hydrogen-bond acceptors (Lipinski definition) is 4. The molecule has 2 aliphatic carbocycles. The average molecular weight is 337 g/mol. The normalized spacial score (nSPS) is 42.4. The fourth-order valence-corrected chi connectivity index (χ4v) is 7.06. The van der Waals surface area contributed by atoms with Gasteiger partial charge in [-0.15, -0.1) is 0 Å². The van der Waals surface area contributed by atoms with Gasteiger partial charge in [0.1, 0.15) is 0 Å². The van der Waals surface area contributed by atoms with Crippen molar-refractivity contribution in [1.29, 1.82) is 0 Å². The fraction of sp³-hybridized carbons (Fsp3) is 0.895. The topological polar surface area (TPSA) is 15.7 Å². The van der Waals surface area contributed by atoms with Crippen molar-refractivity contribution in [2.45, 2.75) is 62.3 Å². The summed E-state index contributed by atoms with van der Waals surface area (Å²) in [5, 5.41) is 0.850. The largest absolute Gasteiger partial charge is 0.381 e. The molecule has 0 amide bonds. The number of nitrogens with zero attached hydrogens (tertiary/aromatic N) is 2. The van der Waals surface area contributed by atoms with Gasteiger partial charge in [-0.1, -0.05) is 0 Å². The van der Waals surface area contributed by atoms with Gasteiger partial charge in [-0.05, 0) is 94.9 Å². The minimum absolute atomic E-state index is 0.486. The number of hydrogen-bond donors (Lipinski definition) is 0. The molecule has 0 aromatic rings. The van der Waals surface area contributed by atoms with Crippen molar-refractivity contribution in [2.75, 3.05) is 27.7 Å². The van der Waals surface area contributed by atoms with Gasteiger partial charge in [0.2, 0.25) is 0 Å². The zero-order valence-electron chi connectivity index (χ0n) is 14.9. The molecule has 130 valence electrons. The minimum Gasteiger partial charge on any atom is -0.381 e. The molecule has 2 heterocycles. The van der Waals surface area contributed by atoms with E-state index in [2.05, 4.69) is 41.4 Å². The molecule has 6 atom stereocenters. The van der Waals surface area contributed by atoms with E-state index in [9.17, 15) is 0 Å². The Morgan fingerprint density at radius 3 is 2.78 bits per heavy atom. The Morgan fingerprint density at radius 1 is 1.17 bits per heavy atom. The van der Waals surface area contributed by atoms with Crippen LogP contribution in [0.3, 0.4) is 0 Å². The highest BCUT2D eigenvalue weighted by molar-refractivity contribution is 7.97. The molecule has 2 aliphatic heterocycles. The Balaban J connectivity index is 1.42. The van der Waals surface area contributed by atoms with E-state index >= 15 is 0 Å². The first-order valence-corrected chi connectivity index (χ1v) is 10.3. The van der Waals surface area contributed by atoms with Crippen LogP contribution in [-0.4, -0.2) is 54.4 Å². The van der Waals surface area contributed by atoms with E-state index < -0.39 is 0 Å². The molecule has 0 aromatic heterocycles. The SMILES string of the molecule is COC1CCC2C3=CN(SC4CC(CCN(C)C)CCC34)C2C1. The summed E-state index contributed by atoms with van der Waals surface area (Å²) in [5.41, 5.74) is 1.82. The molecule has 0 aromatic carbocycles. The Kier molecular flexibility index (Phi) is 4.68. The van der Waals surface area contributed by atoms with Gasteiger partial charge in [-0.25, -0.2) is 0 Å². The van der Waals surface area contributed by atoms with Gasteiger partial charge >= 0.3 is 0 Å². The summed E-state index contributed by atoms with van der Waals surface area (Å²) in [6.45, 7) is 1.25. The average Bonchev–Trinajstić information content (AvgIpc) is 2.86. The minimum atomic E-state index is 0.486. The summed E-state index contributed by atoms with van der Waals surface area (Å²) in [5.74, 6) is 2.65. The predicted octanol–water partition coefficient (Wildman–Crippen LogP) is 3.77. The third-order valence-corrected chi connectivity index (χ3v) is 8.11. The summed E-state index contributed by atoms with van der Waals surface area (Å²) in [6, 6.07) is 0.722. The molecular weight excluding hydrogens is 304 g/mol. The monoisotopic (exact) mass is 336 g/mol. The van der Waals surface area contributed by atoms with Crippen molar-refractivity contribution in [1.82, 2.24) is 9.21 Å². The smallest absolute Gasteiger partial charge is 0.0591 e. The molecule has 0 saturated heterocycles. The predicted molar refractivity (Wildman–Crippen MR) is 97.2 cm³/mol. The highest BCUT2D eigenvalue weighted by Gasteiger charge is 2.49. The van der Waals surface area contributed by atoms with Crippen LogP contribution in [0.2, 0.25) is 0 Å². The Hall–Kier alpha value is -0.190. The lowest BCUT2D eigenvalue weighted by molar-refractivity contribution is 0.0427. The third kappa shape index (κ3) is 3.07. The molecule has 6 unspecified atom stereocenters. The summed E-state index contributed by atoms with van der Waals surface area (Å²) >= 11 is 2.18. The van der Waals surface area contributed by atoms with E-state index in [1.54, 1.807) is 0 Å². The van der Waals surface area contributed by atoms with Crippen molar-refractivity contribution >= 4 is 11.9 Å². The first-order chi connectivity index (χ1) is 11.2. The van der Waals surface area contributed by atoms with Crippen LogP contribution in [-0.2, 0) is 4.74 Å². The van der Waals surface area contributed by atoms with Crippen LogP contribution in [0.5, 0.6) is 0 Å². The fourth-order valence-electron chi connectivity index (χ4n) is 5.38. The zero-order chi connectivity index (χ0) is 16.0. The Morgan fingerprint density at radius 2 is 2.00 bits per heavy atom. The highest BCUT2D eigenvalue weighted by atomic mass is 32.2. The van der Waals surface area contributed by atoms with E-state index in [0.29, 0.717) is 6.10 Å². The zero-order valence-corrected chi connectivity index (χ0v) is 15.7. The van der Waals surface area contributed by atoms with Crippen LogP contribution in [0.1, 0.15) is 44.9 Å². The maximum absolute atomic E-state index is 5.67. The van der Waals surface area contributed by atoms with Crippen LogP contribution in [0.25, 0.3) is 0 Å². The van der Waals surface area contributed by atoms with Gasteiger partial charge in [0.05, 0.1) is 6.10 Å². The number of ether oxygens (including phenoxy) is 1. The van der Waals surface area contributed by atoms with Gasteiger partial charge in [-0.2, -0.15) is 0 Å².